The molecule has 2 aromatic heterocycles. The summed E-state index contributed by atoms with van der Waals surface area (Å²) < 4.78 is 2.03. The molecule has 0 aliphatic carbocycles. The minimum Gasteiger partial charge on any atom is -0.398 e. The Morgan fingerprint density at radius 3 is 2.76 bits per heavy atom. The Kier molecular flexibility index (Phi) is 3.43. The highest BCUT2D eigenvalue weighted by molar-refractivity contribution is 5.82. The van der Waals surface area contributed by atoms with E-state index in [9.17, 15) is 0 Å². The van der Waals surface area contributed by atoms with Crippen LogP contribution in [0.2, 0.25) is 0 Å². The van der Waals surface area contributed by atoms with Crippen molar-refractivity contribution in [3.05, 3.63) is 42.5 Å². The number of nitrogen functional groups attached to an aromatic ring is 1. The van der Waals surface area contributed by atoms with Gasteiger partial charge in [-0.05, 0) is 25.5 Å². The van der Waals surface area contributed by atoms with Gasteiger partial charge in [-0.3, -0.25) is 0 Å². The molecular formula is C15H18N6. The molecule has 0 unspecified atom stereocenters. The molecule has 21 heavy (non-hydrogen) atoms. The number of hydrogen-bond acceptors (Lipinski definition) is 5. The van der Waals surface area contributed by atoms with Gasteiger partial charge in [0.05, 0.1) is 6.33 Å². The van der Waals surface area contributed by atoms with Crippen LogP contribution in [-0.4, -0.2) is 19.5 Å². The zero-order chi connectivity index (χ0) is 14.8. The molecule has 0 bridgehead atoms. The molecule has 0 fully saturated rings. The van der Waals surface area contributed by atoms with Crippen molar-refractivity contribution >= 4 is 22.7 Å². The van der Waals surface area contributed by atoms with E-state index in [1.165, 1.54) is 0 Å². The van der Waals surface area contributed by atoms with Gasteiger partial charge < -0.3 is 15.6 Å². The lowest BCUT2D eigenvalue weighted by Gasteiger charge is -2.09. The zero-order valence-corrected chi connectivity index (χ0v) is 12.1. The first-order valence-corrected chi connectivity index (χ1v) is 6.91. The molecule has 0 saturated heterocycles. The molecule has 0 radical (unpaired) electrons. The average molecular weight is 282 g/mol. The molecule has 108 valence electrons. The molecule has 0 aliphatic rings. The van der Waals surface area contributed by atoms with Crippen LogP contribution >= 0.6 is 0 Å². The Balaban J connectivity index is 1.89. The molecule has 0 amide bonds. The van der Waals surface area contributed by atoms with Crippen molar-refractivity contribution in [2.24, 2.45) is 0 Å². The highest BCUT2D eigenvalue weighted by atomic mass is 15.2. The summed E-state index contributed by atoms with van der Waals surface area (Å²) in [5, 5.41) is 3.29. The number of hydrogen-bond donors (Lipinski definition) is 2. The SMILES string of the molecule is CC(C)n1cnc2c(NCc3ccccc3N)ncnc21. The lowest BCUT2D eigenvalue weighted by Crippen LogP contribution is -2.05. The predicted octanol–water partition coefficient (Wildman–Crippen LogP) is 2.60. The Hall–Kier alpha value is -2.63. The van der Waals surface area contributed by atoms with E-state index >= 15 is 0 Å². The monoisotopic (exact) mass is 282 g/mol. The maximum atomic E-state index is 5.95. The molecule has 3 N–H and O–H groups in total. The molecule has 6 heteroatoms. The fourth-order valence-electron chi connectivity index (χ4n) is 2.23. The van der Waals surface area contributed by atoms with E-state index in [-0.39, 0.29) is 0 Å². The second kappa shape index (κ2) is 5.40. The number of nitrogens with zero attached hydrogens (tertiary/aromatic N) is 4. The summed E-state index contributed by atoms with van der Waals surface area (Å²) in [5.41, 5.74) is 9.37. The van der Waals surface area contributed by atoms with Gasteiger partial charge in [-0.2, -0.15) is 0 Å². The topological polar surface area (TPSA) is 81.7 Å². The summed E-state index contributed by atoms with van der Waals surface area (Å²) in [5.74, 6) is 0.725. The Morgan fingerprint density at radius 1 is 1.19 bits per heavy atom. The first-order chi connectivity index (χ1) is 10.2. The van der Waals surface area contributed by atoms with Crippen LogP contribution in [0, 0.1) is 0 Å². The lowest BCUT2D eigenvalue weighted by atomic mass is 10.2. The lowest BCUT2D eigenvalue weighted by molar-refractivity contribution is 0.612. The van der Waals surface area contributed by atoms with E-state index in [1.54, 1.807) is 12.7 Å². The quantitative estimate of drug-likeness (QED) is 0.719. The van der Waals surface area contributed by atoms with Crippen molar-refractivity contribution in [1.29, 1.82) is 0 Å². The first-order valence-electron chi connectivity index (χ1n) is 6.91. The van der Waals surface area contributed by atoms with Gasteiger partial charge in [0.2, 0.25) is 0 Å². The Bertz CT molecular complexity index is 762. The fraction of sp³-hybridized carbons (Fsp3) is 0.267. The average Bonchev–Trinajstić information content (AvgIpc) is 2.91. The molecule has 0 atom stereocenters. The third kappa shape index (κ3) is 2.52. The summed E-state index contributed by atoms with van der Waals surface area (Å²) in [4.78, 5) is 13.0. The molecule has 0 saturated carbocycles. The molecule has 3 aromatic rings. The van der Waals surface area contributed by atoms with Crippen LogP contribution in [0.25, 0.3) is 11.2 Å². The number of benzene rings is 1. The van der Waals surface area contributed by atoms with E-state index in [0.29, 0.717) is 12.6 Å². The van der Waals surface area contributed by atoms with Crippen LogP contribution in [0.1, 0.15) is 25.5 Å². The molecule has 6 nitrogen and oxygen atoms in total. The van der Waals surface area contributed by atoms with Gasteiger partial charge in [-0.15, -0.1) is 0 Å². The van der Waals surface area contributed by atoms with Gasteiger partial charge in [0, 0.05) is 18.3 Å². The van der Waals surface area contributed by atoms with Crippen molar-refractivity contribution in [3.8, 4) is 0 Å². The fourth-order valence-corrected chi connectivity index (χ4v) is 2.23. The smallest absolute Gasteiger partial charge is 0.165 e. The Labute approximate surface area is 123 Å². The number of imidazole rings is 1. The summed E-state index contributed by atoms with van der Waals surface area (Å²) in [7, 11) is 0. The molecule has 3 rings (SSSR count). The predicted molar refractivity (Wildman–Crippen MR) is 83.9 cm³/mol. The van der Waals surface area contributed by atoms with Crippen LogP contribution in [0.5, 0.6) is 0 Å². The standard InChI is InChI=1S/C15H18N6/c1-10(2)21-9-20-13-14(18-8-19-15(13)21)17-7-11-5-3-4-6-12(11)16/h3-6,8-10H,7,16H2,1-2H3,(H,17,18,19). The van der Waals surface area contributed by atoms with Gasteiger partial charge in [-0.1, -0.05) is 18.2 Å². The number of aromatic nitrogens is 4. The number of nitrogens with one attached hydrogen (secondary N) is 1. The van der Waals surface area contributed by atoms with Crippen LogP contribution in [0.4, 0.5) is 11.5 Å². The van der Waals surface area contributed by atoms with Crippen molar-refractivity contribution in [1.82, 2.24) is 19.5 Å². The van der Waals surface area contributed by atoms with Crippen LogP contribution in [0.15, 0.2) is 36.9 Å². The van der Waals surface area contributed by atoms with Gasteiger partial charge in [0.15, 0.2) is 11.5 Å². The first kappa shape index (κ1) is 13.4. The second-order valence-electron chi connectivity index (χ2n) is 5.19. The van der Waals surface area contributed by atoms with Gasteiger partial charge in [-0.25, -0.2) is 15.0 Å². The molecule has 0 spiro atoms. The number of fused-ring (bicyclic) bond motifs is 1. The largest absolute Gasteiger partial charge is 0.398 e. The minimum absolute atomic E-state index is 0.308. The maximum Gasteiger partial charge on any atom is 0.165 e. The summed E-state index contributed by atoms with van der Waals surface area (Å²) >= 11 is 0. The molecule has 0 aliphatic heterocycles. The number of para-hydroxylation sites is 1. The van der Waals surface area contributed by atoms with E-state index in [4.69, 9.17) is 5.73 Å². The number of anilines is 2. The van der Waals surface area contributed by atoms with Crippen molar-refractivity contribution in [3.63, 3.8) is 0 Å². The number of rotatable bonds is 4. The van der Waals surface area contributed by atoms with E-state index in [2.05, 4.69) is 34.1 Å². The summed E-state index contributed by atoms with van der Waals surface area (Å²) in [6.45, 7) is 4.80. The van der Waals surface area contributed by atoms with Crippen LogP contribution in [-0.2, 0) is 6.54 Å². The van der Waals surface area contributed by atoms with Crippen molar-refractivity contribution in [2.45, 2.75) is 26.4 Å². The molecular weight excluding hydrogens is 264 g/mol. The van der Waals surface area contributed by atoms with E-state index in [1.807, 2.05) is 28.8 Å². The second-order valence-corrected chi connectivity index (χ2v) is 5.19. The molecule has 1 aromatic carbocycles. The molecule has 2 heterocycles. The van der Waals surface area contributed by atoms with Crippen molar-refractivity contribution in [2.75, 3.05) is 11.1 Å². The highest BCUT2D eigenvalue weighted by Gasteiger charge is 2.11. The van der Waals surface area contributed by atoms with Gasteiger partial charge >= 0.3 is 0 Å². The third-order valence-corrected chi connectivity index (χ3v) is 3.42. The van der Waals surface area contributed by atoms with E-state index < -0.39 is 0 Å². The van der Waals surface area contributed by atoms with E-state index in [0.717, 1.165) is 28.2 Å². The maximum absolute atomic E-state index is 5.95. The minimum atomic E-state index is 0.308. The summed E-state index contributed by atoms with van der Waals surface area (Å²) in [6.07, 6.45) is 3.35. The van der Waals surface area contributed by atoms with Crippen molar-refractivity contribution < 1.29 is 0 Å². The van der Waals surface area contributed by atoms with Gasteiger partial charge in [0.25, 0.3) is 0 Å². The zero-order valence-electron chi connectivity index (χ0n) is 12.1. The summed E-state index contributed by atoms with van der Waals surface area (Å²) in [6, 6.07) is 8.08. The number of nitrogens with two attached hydrogens (primary N) is 1. The van der Waals surface area contributed by atoms with Crippen LogP contribution in [0.3, 0.4) is 0 Å². The normalized spacial score (nSPS) is 11.2. The Morgan fingerprint density at radius 2 is 2.00 bits per heavy atom. The highest BCUT2D eigenvalue weighted by Crippen LogP contribution is 2.21. The van der Waals surface area contributed by atoms with Gasteiger partial charge in [0.1, 0.15) is 11.8 Å². The third-order valence-electron chi connectivity index (χ3n) is 3.42. The van der Waals surface area contributed by atoms with Crippen LogP contribution < -0.4 is 11.1 Å².